The second-order valence-electron chi connectivity index (χ2n) is 9.69. The molecule has 2 saturated heterocycles. The molecule has 194 valence electrons. The summed E-state index contributed by atoms with van der Waals surface area (Å²) in [5, 5.41) is 0. The van der Waals surface area contributed by atoms with E-state index in [4.69, 9.17) is 0 Å². The minimum absolute atomic E-state index is 0.00560. The number of sulfonamides is 1. The van der Waals surface area contributed by atoms with Gasteiger partial charge in [0.05, 0.1) is 21.7 Å². The summed E-state index contributed by atoms with van der Waals surface area (Å²) in [6, 6.07) is 11.4. The lowest BCUT2D eigenvalue weighted by Gasteiger charge is -2.30. The number of likely N-dealkylation sites (tertiary alicyclic amines) is 2. The molecule has 0 aromatic heterocycles. The van der Waals surface area contributed by atoms with Crippen molar-refractivity contribution in [2.45, 2.75) is 55.2 Å². The Morgan fingerprint density at radius 2 is 1.47 bits per heavy atom. The van der Waals surface area contributed by atoms with Gasteiger partial charge in [-0.1, -0.05) is 31.9 Å². The highest BCUT2D eigenvalue weighted by Gasteiger charge is 2.27. The molecule has 2 heterocycles. The van der Waals surface area contributed by atoms with E-state index in [1.54, 1.807) is 30.3 Å². The van der Waals surface area contributed by atoms with Gasteiger partial charge in [-0.05, 0) is 68.2 Å². The van der Waals surface area contributed by atoms with Crippen molar-refractivity contribution in [2.75, 3.05) is 37.2 Å². The number of piperidine rings is 1. The lowest BCUT2D eigenvalue weighted by molar-refractivity contribution is 0.0692. The maximum absolute atomic E-state index is 13.4. The monoisotopic (exact) mass is 529 g/mol. The summed E-state index contributed by atoms with van der Waals surface area (Å²) in [7, 11) is -4.03. The van der Waals surface area contributed by atoms with E-state index in [9.17, 15) is 18.0 Å². The molecule has 0 aliphatic carbocycles. The van der Waals surface area contributed by atoms with Crippen molar-refractivity contribution in [3.63, 3.8) is 0 Å². The number of amides is 2. The molecule has 0 bridgehead atoms. The van der Waals surface area contributed by atoms with Crippen LogP contribution in [0.25, 0.3) is 0 Å². The van der Waals surface area contributed by atoms with Crippen molar-refractivity contribution < 1.29 is 18.0 Å². The summed E-state index contributed by atoms with van der Waals surface area (Å²) in [6.07, 6.45) is 7.87. The van der Waals surface area contributed by atoms with Gasteiger partial charge in [0.2, 0.25) is 0 Å². The third-order valence-corrected chi connectivity index (χ3v) is 9.24. The fraction of sp³-hybridized carbons (Fsp3) is 0.481. The Kier molecular flexibility index (Phi) is 8.62. The molecule has 1 N–H and O–H groups in total. The van der Waals surface area contributed by atoms with E-state index >= 15 is 0 Å². The van der Waals surface area contributed by atoms with Crippen molar-refractivity contribution in [1.82, 2.24) is 9.80 Å². The van der Waals surface area contributed by atoms with Crippen LogP contribution in [0.1, 0.15) is 66.2 Å². The highest BCUT2D eigenvalue weighted by atomic mass is 32.2. The van der Waals surface area contributed by atoms with Crippen molar-refractivity contribution >= 4 is 39.3 Å². The molecule has 2 aromatic carbocycles. The molecule has 4 rings (SSSR count). The number of para-hydroxylation sites is 1. The minimum atomic E-state index is -4.03. The van der Waals surface area contributed by atoms with Gasteiger partial charge in [-0.25, -0.2) is 8.42 Å². The zero-order valence-electron chi connectivity index (χ0n) is 21.0. The van der Waals surface area contributed by atoms with Crippen molar-refractivity contribution in [3.05, 3.63) is 53.6 Å². The van der Waals surface area contributed by atoms with Crippen molar-refractivity contribution in [2.24, 2.45) is 5.92 Å². The van der Waals surface area contributed by atoms with E-state index in [2.05, 4.69) is 11.6 Å². The number of rotatable bonds is 6. The standard InChI is InChI=1S/C27H35N3O4S2/c1-20-13-17-30(18-14-20)27(32)23-19-21(11-12-25(23)35-2)36(33,34)28-24-10-6-5-9-22(24)26(31)29-15-7-3-4-8-16-29/h5-6,9-12,19-20,28H,3-4,7-8,13-18H2,1-2H3. The maximum atomic E-state index is 13.4. The average Bonchev–Trinajstić information content (AvgIpc) is 3.18. The fourth-order valence-corrected chi connectivity index (χ4v) is 6.49. The zero-order valence-corrected chi connectivity index (χ0v) is 22.7. The summed E-state index contributed by atoms with van der Waals surface area (Å²) in [6.45, 7) is 4.89. The number of thioether (sulfide) groups is 1. The number of nitrogens with one attached hydrogen (secondary N) is 1. The summed E-state index contributed by atoms with van der Waals surface area (Å²) >= 11 is 1.42. The van der Waals surface area contributed by atoms with Crippen LogP contribution in [-0.2, 0) is 10.0 Å². The smallest absolute Gasteiger partial charge is 0.261 e. The van der Waals surface area contributed by atoms with E-state index in [0.29, 0.717) is 43.2 Å². The molecule has 7 nitrogen and oxygen atoms in total. The molecule has 0 saturated carbocycles. The molecule has 36 heavy (non-hydrogen) atoms. The third kappa shape index (κ3) is 6.06. The highest BCUT2D eigenvalue weighted by Crippen LogP contribution is 2.29. The van der Waals surface area contributed by atoms with Gasteiger partial charge in [-0.3, -0.25) is 14.3 Å². The first-order chi connectivity index (χ1) is 17.3. The maximum Gasteiger partial charge on any atom is 0.261 e. The Hall–Kier alpha value is -2.52. The van der Waals surface area contributed by atoms with E-state index < -0.39 is 10.0 Å². The Balaban J connectivity index is 1.60. The van der Waals surface area contributed by atoms with Gasteiger partial charge in [-0.2, -0.15) is 0 Å². The van der Waals surface area contributed by atoms with Gasteiger partial charge < -0.3 is 9.80 Å². The lowest BCUT2D eigenvalue weighted by Crippen LogP contribution is -2.38. The van der Waals surface area contributed by atoms with Gasteiger partial charge in [0.15, 0.2) is 0 Å². The van der Waals surface area contributed by atoms with Crippen LogP contribution in [0.2, 0.25) is 0 Å². The average molecular weight is 530 g/mol. The van der Waals surface area contributed by atoms with Crippen LogP contribution in [0.3, 0.4) is 0 Å². The van der Waals surface area contributed by atoms with Gasteiger partial charge >= 0.3 is 0 Å². The topological polar surface area (TPSA) is 86.8 Å². The van der Waals surface area contributed by atoms with Crippen molar-refractivity contribution in [1.29, 1.82) is 0 Å². The summed E-state index contributed by atoms with van der Waals surface area (Å²) < 4.78 is 29.5. The third-order valence-electron chi connectivity index (χ3n) is 7.08. The molecule has 0 spiro atoms. The molecule has 0 unspecified atom stereocenters. The molecule has 0 atom stereocenters. The molecule has 2 fully saturated rings. The molecular formula is C27H35N3O4S2. The van der Waals surface area contributed by atoms with Crippen LogP contribution in [0.4, 0.5) is 5.69 Å². The Morgan fingerprint density at radius 1 is 0.861 bits per heavy atom. The van der Waals surface area contributed by atoms with Crippen LogP contribution in [0.15, 0.2) is 52.3 Å². The largest absolute Gasteiger partial charge is 0.339 e. The Bertz CT molecular complexity index is 1200. The summed E-state index contributed by atoms with van der Waals surface area (Å²) in [5.41, 5.74) is 0.981. The minimum Gasteiger partial charge on any atom is -0.339 e. The van der Waals surface area contributed by atoms with Gasteiger partial charge in [-0.15, -0.1) is 11.8 Å². The Labute approximate surface area is 218 Å². The normalized spacial score (nSPS) is 17.5. The molecular weight excluding hydrogens is 494 g/mol. The second kappa shape index (κ2) is 11.7. The molecule has 2 aliphatic rings. The van der Waals surface area contributed by atoms with Crippen LogP contribution >= 0.6 is 11.8 Å². The molecule has 0 radical (unpaired) electrons. The number of hydrogen-bond acceptors (Lipinski definition) is 5. The van der Waals surface area contributed by atoms with Gasteiger partial charge in [0, 0.05) is 31.1 Å². The summed E-state index contributed by atoms with van der Waals surface area (Å²) in [5.74, 6) is 0.283. The lowest BCUT2D eigenvalue weighted by atomic mass is 9.98. The summed E-state index contributed by atoms with van der Waals surface area (Å²) in [4.78, 5) is 30.9. The number of hydrogen-bond donors (Lipinski definition) is 1. The van der Waals surface area contributed by atoms with Crippen LogP contribution in [0.5, 0.6) is 0 Å². The highest BCUT2D eigenvalue weighted by molar-refractivity contribution is 7.98. The van der Waals surface area contributed by atoms with E-state index in [1.165, 1.54) is 23.9 Å². The van der Waals surface area contributed by atoms with Crippen LogP contribution < -0.4 is 4.72 Å². The van der Waals surface area contributed by atoms with Crippen molar-refractivity contribution in [3.8, 4) is 0 Å². The first-order valence-corrected chi connectivity index (χ1v) is 15.4. The molecule has 2 amide bonds. The molecule has 2 aliphatic heterocycles. The van der Waals surface area contributed by atoms with Gasteiger partial charge in [0.1, 0.15) is 0 Å². The number of carbonyl (C=O) groups excluding carboxylic acids is 2. The van der Waals surface area contributed by atoms with E-state index in [1.807, 2.05) is 16.1 Å². The second-order valence-corrected chi connectivity index (χ2v) is 12.2. The molecule has 2 aromatic rings. The number of nitrogens with zero attached hydrogens (tertiary/aromatic N) is 2. The quantitative estimate of drug-likeness (QED) is 0.526. The first kappa shape index (κ1) is 26.5. The first-order valence-electron chi connectivity index (χ1n) is 12.7. The number of carbonyl (C=O) groups is 2. The van der Waals surface area contributed by atoms with Gasteiger partial charge in [0.25, 0.3) is 21.8 Å². The van der Waals surface area contributed by atoms with Crippen LogP contribution in [0, 0.1) is 5.92 Å². The predicted octanol–water partition coefficient (Wildman–Crippen LogP) is 5.10. The Morgan fingerprint density at radius 3 is 2.14 bits per heavy atom. The molecule has 9 heteroatoms. The predicted molar refractivity (Wildman–Crippen MR) is 144 cm³/mol. The fourth-order valence-electron chi connectivity index (χ4n) is 4.81. The zero-order chi connectivity index (χ0) is 25.7. The van der Waals surface area contributed by atoms with E-state index in [-0.39, 0.29) is 22.4 Å². The number of benzene rings is 2. The number of anilines is 1. The van der Waals surface area contributed by atoms with Crippen LogP contribution in [-0.4, -0.2) is 62.5 Å². The SMILES string of the molecule is CSc1ccc(S(=O)(=O)Nc2ccccc2C(=O)N2CCCCCC2)cc1C(=O)N1CCC(C)CC1. The van der Waals surface area contributed by atoms with E-state index in [0.717, 1.165) is 43.4 Å².